The van der Waals surface area contributed by atoms with Crippen molar-refractivity contribution in [1.82, 2.24) is 0 Å². The summed E-state index contributed by atoms with van der Waals surface area (Å²) in [6.45, 7) is 0. The van der Waals surface area contributed by atoms with Crippen molar-refractivity contribution in [1.29, 1.82) is 0 Å². The standard InChI is InChI=1S/C21H13FN2O5/c1-29-18-10-16(17(24(27)28)9-15(18)22)23-21(26)14-8-4-7-13-19(14)11-5-2-3-6-12(11)20(13)25/h2-10H,1H3,(H,23,26). The highest BCUT2D eigenvalue weighted by molar-refractivity contribution is 6.25. The van der Waals surface area contributed by atoms with Crippen LogP contribution in [0.5, 0.6) is 5.75 Å². The number of hydrogen-bond acceptors (Lipinski definition) is 5. The molecule has 29 heavy (non-hydrogen) atoms. The number of nitrogens with zero attached hydrogens (tertiary/aromatic N) is 1. The number of nitro benzene ring substituents is 1. The number of carbonyl (C=O) groups is 2. The number of methoxy groups -OCH3 is 1. The van der Waals surface area contributed by atoms with Crippen LogP contribution in [0.2, 0.25) is 0 Å². The number of benzene rings is 3. The Morgan fingerprint density at radius 3 is 2.45 bits per heavy atom. The van der Waals surface area contributed by atoms with Crippen LogP contribution in [0, 0.1) is 15.9 Å². The van der Waals surface area contributed by atoms with Gasteiger partial charge in [0.2, 0.25) is 0 Å². The Labute approximate surface area is 163 Å². The smallest absolute Gasteiger partial charge is 0.295 e. The van der Waals surface area contributed by atoms with Crippen molar-refractivity contribution in [2.75, 3.05) is 12.4 Å². The summed E-state index contributed by atoms with van der Waals surface area (Å²) in [5.74, 6) is -2.02. The molecule has 0 aliphatic heterocycles. The van der Waals surface area contributed by atoms with Crippen molar-refractivity contribution in [3.63, 3.8) is 0 Å². The molecular weight excluding hydrogens is 379 g/mol. The van der Waals surface area contributed by atoms with Gasteiger partial charge in [-0.25, -0.2) is 4.39 Å². The van der Waals surface area contributed by atoms with Crippen molar-refractivity contribution < 1.29 is 23.6 Å². The summed E-state index contributed by atoms with van der Waals surface area (Å²) in [5, 5.41) is 13.7. The van der Waals surface area contributed by atoms with E-state index < -0.39 is 22.3 Å². The van der Waals surface area contributed by atoms with Crippen LogP contribution in [-0.4, -0.2) is 23.7 Å². The molecule has 4 rings (SSSR count). The van der Waals surface area contributed by atoms with Crippen molar-refractivity contribution in [2.45, 2.75) is 0 Å². The molecule has 1 amide bonds. The summed E-state index contributed by atoms with van der Waals surface area (Å²) < 4.78 is 18.7. The number of halogens is 1. The molecule has 1 N–H and O–H groups in total. The molecule has 3 aromatic rings. The Balaban J connectivity index is 1.80. The maximum absolute atomic E-state index is 13.9. The summed E-state index contributed by atoms with van der Waals surface area (Å²) in [4.78, 5) is 36.1. The van der Waals surface area contributed by atoms with E-state index in [-0.39, 0.29) is 22.8 Å². The summed E-state index contributed by atoms with van der Waals surface area (Å²) in [5.41, 5.74) is 1.29. The molecule has 1 aliphatic carbocycles. The lowest BCUT2D eigenvalue weighted by molar-refractivity contribution is -0.384. The van der Waals surface area contributed by atoms with E-state index in [0.29, 0.717) is 28.3 Å². The zero-order valence-electron chi connectivity index (χ0n) is 15.1. The molecular formula is C21H13FN2O5. The molecule has 8 heteroatoms. The topological polar surface area (TPSA) is 98.5 Å². The number of anilines is 1. The summed E-state index contributed by atoms with van der Waals surface area (Å²) in [6.07, 6.45) is 0. The van der Waals surface area contributed by atoms with Gasteiger partial charge < -0.3 is 10.1 Å². The van der Waals surface area contributed by atoms with Crippen molar-refractivity contribution in [2.24, 2.45) is 0 Å². The largest absolute Gasteiger partial charge is 0.494 e. The highest BCUT2D eigenvalue weighted by atomic mass is 19.1. The van der Waals surface area contributed by atoms with Gasteiger partial charge in [-0.2, -0.15) is 0 Å². The quantitative estimate of drug-likeness (QED) is 0.414. The van der Waals surface area contributed by atoms with Crippen LogP contribution in [0.25, 0.3) is 11.1 Å². The van der Waals surface area contributed by atoms with Crippen LogP contribution in [0.1, 0.15) is 26.3 Å². The third-order valence-corrected chi connectivity index (χ3v) is 4.71. The van der Waals surface area contributed by atoms with E-state index in [2.05, 4.69) is 5.32 Å². The van der Waals surface area contributed by atoms with Gasteiger partial charge in [0.05, 0.1) is 18.1 Å². The minimum absolute atomic E-state index is 0.179. The predicted molar refractivity (Wildman–Crippen MR) is 103 cm³/mol. The molecule has 1 aliphatic rings. The molecule has 0 radical (unpaired) electrons. The van der Waals surface area contributed by atoms with Gasteiger partial charge in [-0.1, -0.05) is 36.4 Å². The van der Waals surface area contributed by atoms with Crippen LogP contribution in [0.15, 0.2) is 54.6 Å². The molecule has 144 valence electrons. The number of fused-ring (bicyclic) bond motifs is 3. The van der Waals surface area contributed by atoms with Gasteiger partial charge in [-0.3, -0.25) is 19.7 Å². The summed E-state index contributed by atoms with van der Waals surface area (Å²) in [6, 6.07) is 13.3. The molecule has 0 aromatic heterocycles. The third-order valence-electron chi connectivity index (χ3n) is 4.71. The fourth-order valence-corrected chi connectivity index (χ4v) is 3.41. The molecule has 0 saturated carbocycles. The second kappa shape index (κ2) is 6.83. The van der Waals surface area contributed by atoms with Gasteiger partial charge in [-0.15, -0.1) is 0 Å². The lowest BCUT2D eigenvalue weighted by Gasteiger charge is -2.11. The first-order chi connectivity index (χ1) is 13.9. The molecule has 0 fully saturated rings. The first-order valence-electron chi connectivity index (χ1n) is 8.52. The van der Waals surface area contributed by atoms with Gasteiger partial charge in [0, 0.05) is 28.3 Å². The van der Waals surface area contributed by atoms with Gasteiger partial charge in [0.25, 0.3) is 11.6 Å². The first-order valence-corrected chi connectivity index (χ1v) is 8.52. The number of carbonyl (C=O) groups excluding carboxylic acids is 2. The Morgan fingerprint density at radius 1 is 1.07 bits per heavy atom. The molecule has 0 heterocycles. The van der Waals surface area contributed by atoms with Gasteiger partial charge in [0.1, 0.15) is 5.69 Å². The maximum atomic E-state index is 13.9. The number of ether oxygens (including phenoxy) is 1. The number of ketones is 1. The average Bonchev–Trinajstić information content (AvgIpc) is 3.01. The lowest BCUT2D eigenvalue weighted by atomic mass is 9.99. The molecule has 0 saturated heterocycles. The van der Waals surface area contributed by atoms with E-state index in [1.807, 2.05) is 0 Å². The van der Waals surface area contributed by atoms with E-state index in [1.54, 1.807) is 36.4 Å². The van der Waals surface area contributed by atoms with E-state index in [9.17, 15) is 24.1 Å². The minimum atomic E-state index is -0.919. The van der Waals surface area contributed by atoms with Crippen LogP contribution >= 0.6 is 0 Å². The lowest BCUT2D eigenvalue weighted by Crippen LogP contribution is -2.15. The Bertz CT molecular complexity index is 1210. The number of hydrogen-bond donors (Lipinski definition) is 1. The number of rotatable bonds is 4. The van der Waals surface area contributed by atoms with E-state index >= 15 is 0 Å². The molecule has 7 nitrogen and oxygen atoms in total. The zero-order chi connectivity index (χ0) is 20.7. The Hall–Kier alpha value is -4.07. The zero-order valence-corrected chi connectivity index (χ0v) is 15.1. The first kappa shape index (κ1) is 18.3. The number of nitro groups is 1. The molecule has 0 bridgehead atoms. The summed E-state index contributed by atoms with van der Waals surface area (Å²) >= 11 is 0. The number of amides is 1. The SMILES string of the molecule is COc1cc(NC(=O)c2cccc3c2-c2ccccc2C3=O)c([N+](=O)[O-])cc1F. The van der Waals surface area contributed by atoms with Gasteiger partial charge in [-0.05, 0) is 11.6 Å². The molecule has 0 atom stereocenters. The van der Waals surface area contributed by atoms with E-state index in [4.69, 9.17) is 4.74 Å². The highest BCUT2D eigenvalue weighted by Gasteiger charge is 2.31. The van der Waals surface area contributed by atoms with Crippen molar-refractivity contribution >= 4 is 23.1 Å². The molecule has 0 unspecified atom stereocenters. The normalized spacial score (nSPS) is 11.6. The van der Waals surface area contributed by atoms with E-state index in [1.165, 1.54) is 13.2 Å². The van der Waals surface area contributed by atoms with Crippen LogP contribution in [-0.2, 0) is 0 Å². The van der Waals surface area contributed by atoms with Crippen LogP contribution < -0.4 is 10.1 Å². The molecule has 3 aromatic carbocycles. The number of nitrogens with one attached hydrogen (secondary N) is 1. The van der Waals surface area contributed by atoms with Gasteiger partial charge in [0.15, 0.2) is 17.3 Å². The summed E-state index contributed by atoms with van der Waals surface area (Å²) in [7, 11) is 1.21. The Morgan fingerprint density at radius 2 is 1.76 bits per heavy atom. The second-order valence-corrected chi connectivity index (χ2v) is 6.32. The third kappa shape index (κ3) is 2.91. The van der Waals surface area contributed by atoms with Crippen LogP contribution in [0.4, 0.5) is 15.8 Å². The molecule has 0 spiro atoms. The Kier molecular flexibility index (Phi) is 4.31. The highest BCUT2D eigenvalue weighted by Crippen LogP contribution is 2.39. The van der Waals surface area contributed by atoms with Crippen molar-refractivity contribution in [3.8, 4) is 16.9 Å². The van der Waals surface area contributed by atoms with Crippen molar-refractivity contribution in [3.05, 3.63) is 87.2 Å². The van der Waals surface area contributed by atoms with Gasteiger partial charge >= 0.3 is 0 Å². The minimum Gasteiger partial charge on any atom is -0.494 e. The predicted octanol–water partition coefficient (Wildman–Crippen LogP) is 4.21. The average molecular weight is 392 g/mol. The maximum Gasteiger partial charge on any atom is 0.295 e. The van der Waals surface area contributed by atoms with E-state index in [0.717, 1.165) is 6.07 Å². The van der Waals surface area contributed by atoms with Crippen LogP contribution in [0.3, 0.4) is 0 Å². The second-order valence-electron chi connectivity index (χ2n) is 6.32. The monoisotopic (exact) mass is 392 g/mol. The fourth-order valence-electron chi connectivity index (χ4n) is 3.41. The fraction of sp³-hybridized carbons (Fsp3) is 0.0476.